The third kappa shape index (κ3) is 3.98. The van der Waals surface area contributed by atoms with E-state index in [1.165, 1.54) is 13.2 Å². The molecule has 0 saturated carbocycles. The molecule has 148 valence electrons. The number of phenolic OH excluding ortho intramolecular Hbond substituents is 2. The van der Waals surface area contributed by atoms with Crippen LogP contribution >= 0.6 is 0 Å². The SMILES string of the molecule is COc1cccc(Cn2[nH]c(C(F)(F)F)c(Cc3ccc(O)c(O)c3)c2=O)c1. The number of rotatable bonds is 5. The van der Waals surface area contributed by atoms with E-state index in [0.29, 0.717) is 11.3 Å². The summed E-state index contributed by atoms with van der Waals surface area (Å²) in [5, 5.41) is 21.0. The van der Waals surface area contributed by atoms with Crippen molar-refractivity contribution in [3.63, 3.8) is 0 Å². The number of ether oxygens (including phenoxy) is 1. The van der Waals surface area contributed by atoms with Gasteiger partial charge in [-0.1, -0.05) is 18.2 Å². The highest BCUT2D eigenvalue weighted by Crippen LogP contribution is 2.32. The summed E-state index contributed by atoms with van der Waals surface area (Å²) < 4.78 is 46.3. The van der Waals surface area contributed by atoms with Gasteiger partial charge in [0, 0.05) is 6.42 Å². The highest BCUT2D eigenvalue weighted by Gasteiger charge is 2.37. The first-order valence-corrected chi connectivity index (χ1v) is 8.21. The van der Waals surface area contributed by atoms with Crippen molar-refractivity contribution in [1.82, 2.24) is 9.78 Å². The molecule has 3 rings (SSSR count). The number of methoxy groups -OCH3 is 1. The lowest BCUT2D eigenvalue weighted by molar-refractivity contribution is -0.142. The van der Waals surface area contributed by atoms with Crippen LogP contribution in [-0.2, 0) is 19.1 Å². The van der Waals surface area contributed by atoms with E-state index in [0.717, 1.165) is 16.8 Å². The number of phenols is 2. The first-order chi connectivity index (χ1) is 13.2. The summed E-state index contributed by atoms with van der Waals surface area (Å²) in [6.07, 6.45) is -5.11. The Morgan fingerprint density at radius 1 is 1.07 bits per heavy atom. The number of aromatic hydroxyl groups is 2. The number of aromatic amines is 1. The Morgan fingerprint density at radius 3 is 2.46 bits per heavy atom. The van der Waals surface area contributed by atoms with Gasteiger partial charge in [-0.2, -0.15) is 13.2 Å². The summed E-state index contributed by atoms with van der Waals surface area (Å²) in [6.45, 7) is -0.0973. The zero-order chi connectivity index (χ0) is 20.5. The number of nitrogens with zero attached hydrogens (tertiary/aromatic N) is 1. The molecule has 0 unspecified atom stereocenters. The highest BCUT2D eigenvalue weighted by atomic mass is 19.4. The molecule has 0 aliphatic heterocycles. The third-order valence-corrected chi connectivity index (χ3v) is 4.23. The quantitative estimate of drug-likeness (QED) is 0.580. The summed E-state index contributed by atoms with van der Waals surface area (Å²) in [6, 6.07) is 10.3. The second kappa shape index (κ2) is 7.34. The second-order valence-corrected chi connectivity index (χ2v) is 6.21. The molecule has 0 spiro atoms. The second-order valence-electron chi connectivity index (χ2n) is 6.21. The van der Waals surface area contributed by atoms with Gasteiger partial charge in [0.2, 0.25) is 0 Å². The molecule has 0 atom stereocenters. The van der Waals surface area contributed by atoms with Crippen LogP contribution in [0.25, 0.3) is 0 Å². The summed E-state index contributed by atoms with van der Waals surface area (Å²) in [4.78, 5) is 12.6. The van der Waals surface area contributed by atoms with Crippen molar-refractivity contribution in [2.75, 3.05) is 7.11 Å². The van der Waals surface area contributed by atoms with E-state index in [2.05, 4.69) is 5.10 Å². The van der Waals surface area contributed by atoms with Crippen molar-refractivity contribution in [1.29, 1.82) is 0 Å². The van der Waals surface area contributed by atoms with Crippen LogP contribution in [0.2, 0.25) is 0 Å². The van der Waals surface area contributed by atoms with Gasteiger partial charge in [0.1, 0.15) is 11.4 Å². The van der Waals surface area contributed by atoms with Gasteiger partial charge >= 0.3 is 6.18 Å². The fraction of sp³-hybridized carbons (Fsp3) is 0.211. The molecule has 0 aliphatic carbocycles. The molecule has 2 aromatic carbocycles. The van der Waals surface area contributed by atoms with Crippen molar-refractivity contribution >= 4 is 0 Å². The Balaban J connectivity index is 2.01. The van der Waals surface area contributed by atoms with Crippen LogP contribution in [0.3, 0.4) is 0 Å². The standard InChI is InChI=1S/C19H17F3N2O4/c1-28-13-4-2-3-12(7-13)10-24-18(27)14(17(23-24)19(20,21)22)8-11-5-6-15(25)16(26)9-11/h2-7,9,23,25-26H,8,10H2,1H3. The van der Waals surface area contributed by atoms with E-state index in [1.54, 1.807) is 24.3 Å². The largest absolute Gasteiger partial charge is 0.504 e. The van der Waals surface area contributed by atoms with Gasteiger partial charge < -0.3 is 14.9 Å². The van der Waals surface area contributed by atoms with Crippen molar-refractivity contribution < 1.29 is 28.1 Å². The number of hydrogen-bond acceptors (Lipinski definition) is 4. The van der Waals surface area contributed by atoms with Crippen molar-refractivity contribution in [2.24, 2.45) is 0 Å². The maximum Gasteiger partial charge on any atom is 0.433 e. The van der Waals surface area contributed by atoms with Crippen LogP contribution < -0.4 is 10.3 Å². The minimum absolute atomic E-state index is 0.0973. The van der Waals surface area contributed by atoms with Crippen molar-refractivity contribution in [3.05, 3.63) is 75.2 Å². The lowest BCUT2D eigenvalue weighted by atomic mass is 10.0. The van der Waals surface area contributed by atoms with E-state index in [9.17, 15) is 28.2 Å². The first kappa shape index (κ1) is 19.4. The molecule has 0 amide bonds. The molecule has 3 N–H and O–H groups in total. The average Bonchev–Trinajstić information content (AvgIpc) is 2.95. The minimum atomic E-state index is -4.76. The Labute approximate surface area is 157 Å². The topological polar surface area (TPSA) is 87.5 Å². The van der Waals surface area contributed by atoms with Crippen LogP contribution in [0.4, 0.5) is 13.2 Å². The number of halogens is 3. The van der Waals surface area contributed by atoms with Gasteiger partial charge in [0.05, 0.1) is 19.2 Å². The van der Waals surface area contributed by atoms with Crippen LogP contribution in [0, 0.1) is 0 Å². The summed E-state index contributed by atoms with van der Waals surface area (Å²) in [5.41, 5.74) is -1.59. The number of aromatic nitrogens is 2. The summed E-state index contributed by atoms with van der Waals surface area (Å²) in [7, 11) is 1.47. The lowest BCUT2D eigenvalue weighted by Gasteiger charge is -2.07. The molecule has 9 heteroatoms. The Bertz CT molecular complexity index is 1050. The maximum atomic E-state index is 13.5. The van der Waals surface area contributed by atoms with Crippen molar-refractivity contribution in [2.45, 2.75) is 19.1 Å². The smallest absolute Gasteiger partial charge is 0.433 e. The highest BCUT2D eigenvalue weighted by molar-refractivity contribution is 5.42. The summed E-state index contributed by atoms with van der Waals surface area (Å²) >= 11 is 0. The number of nitrogens with one attached hydrogen (secondary N) is 1. The Kier molecular flexibility index (Phi) is 5.08. The van der Waals surface area contributed by atoms with Gasteiger partial charge in [0.25, 0.3) is 5.56 Å². The van der Waals surface area contributed by atoms with Gasteiger partial charge in [-0.25, -0.2) is 4.68 Å². The maximum absolute atomic E-state index is 13.5. The Morgan fingerprint density at radius 2 is 1.82 bits per heavy atom. The van der Waals surface area contributed by atoms with Gasteiger partial charge in [0.15, 0.2) is 11.5 Å². The monoisotopic (exact) mass is 394 g/mol. The predicted octanol–water partition coefficient (Wildman–Crippen LogP) is 3.25. The number of benzene rings is 2. The van der Waals surface area contributed by atoms with Crippen LogP contribution in [0.15, 0.2) is 47.3 Å². The summed E-state index contributed by atoms with van der Waals surface area (Å²) in [5.74, 6) is -0.351. The zero-order valence-corrected chi connectivity index (χ0v) is 14.7. The number of hydrogen-bond donors (Lipinski definition) is 3. The molecular formula is C19H17F3N2O4. The van der Waals surface area contributed by atoms with E-state index >= 15 is 0 Å². The van der Waals surface area contributed by atoms with Gasteiger partial charge in [-0.05, 0) is 35.4 Å². The molecule has 0 radical (unpaired) electrons. The molecule has 28 heavy (non-hydrogen) atoms. The molecule has 6 nitrogen and oxygen atoms in total. The molecule has 3 aromatic rings. The predicted molar refractivity (Wildman–Crippen MR) is 94.7 cm³/mol. The molecule has 1 heterocycles. The van der Waals surface area contributed by atoms with Gasteiger partial charge in [-0.15, -0.1) is 0 Å². The van der Waals surface area contributed by atoms with Crippen LogP contribution in [0.5, 0.6) is 17.2 Å². The fourth-order valence-corrected chi connectivity index (χ4v) is 2.87. The minimum Gasteiger partial charge on any atom is -0.504 e. The third-order valence-electron chi connectivity index (χ3n) is 4.23. The van der Waals surface area contributed by atoms with Crippen molar-refractivity contribution in [3.8, 4) is 17.2 Å². The van der Waals surface area contributed by atoms with Crippen LogP contribution in [-0.4, -0.2) is 27.1 Å². The van der Waals surface area contributed by atoms with E-state index in [4.69, 9.17) is 4.74 Å². The fourth-order valence-electron chi connectivity index (χ4n) is 2.87. The number of alkyl halides is 3. The molecule has 0 aliphatic rings. The van der Waals surface area contributed by atoms with E-state index in [1.807, 2.05) is 0 Å². The molecule has 1 aromatic heterocycles. The van der Waals surface area contributed by atoms with E-state index < -0.39 is 34.5 Å². The zero-order valence-electron chi connectivity index (χ0n) is 14.7. The van der Waals surface area contributed by atoms with Gasteiger partial charge in [-0.3, -0.25) is 9.89 Å². The molecule has 0 fully saturated rings. The lowest BCUT2D eigenvalue weighted by Crippen LogP contribution is -2.20. The van der Waals surface area contributed by atoms with Crippen LogP contribution in [0.1, 0.15) is 22.4 Å². The molecule has 0 saturated heterocycles. The van der Waals surface area contributed by atoms with E-state index in [-0.39, 0.29) is 18.5 Å². The number of H-pyrrole nitrogens is 1. The average molecular weight is 394 g/mol. The molecular weight excluding hydrogens is 377 g/mol. The Hall–Kier alpha value is -3.36. The molecule has 0 bridgehead atoms. The normalized spacial score (nSPS) is 11.6. The first-order valence-electron chi connectivity index (χ1n) is 8.21.